The highest BCUT2D eigenvalue weighted by Crippen LogP contribution is 2.53. The Morgan fingerprint density at radius 2 is 1.19 bits per heavy atom. The number of nitriles is 1. The van der Waals surface area contributed by atoms with Gasteiger partial charge in [0.05, 0.1) is 46.5 Å². The Bertz CT molecular complexity index is 3950. The molecule has 0 radical (unpaired) electrons. The molecule has 10 aromatic carbocycles. The van der Waals surface area contributed by atoms with Gasteiger partial charge in [-0.1, -0.05) is 115 Å². The highest BCUT2D eigenvalue weighted by atomic mass is 31.2. The number of rotatable bonds is 20. The van der Waals surface area contributed by atoms with Crippen molar-refractivity contribution in [3.63, 3.8) is 0 Å². The molecule has 12 rings (SSSR count). The Morgan fingerprint density at radius 3 is 1.73 bits per heavy atom. The van der Waals surface area contributed by atoms with Crippen LogP contribution in [0.15, 0.2) is 167 Å². The van der Waals surface area contributed by atoms with E-state index in [9.17, 15) is 14.9 Å². The van der Waals surface area contributed by atoms with Crippen LogP contribution < -0.4 is 20.7 Å². The lowest BCUT2D eigenvalue weighted by molar-refractivity contribution is -0.0987. The lowest BCUT2D eigenvalue weighted by atomic mass is 9.80. The van der Waals surface area contributed by atoms with E-state index in [1.54, 1.807) is 14.2 Å². The highest BCUT2D eigenvalue weighted by molar-refractivity contribution is 7.44. The van der Waals surface area contributed by atoms with Crippen molar-refractivity contribution < 1.29 is 32.7 Å². The van der Waals surface area contributed by atoms with Gasteiger partial charge in [-0.2, -0.15) is 5.26 Å². The van der Waals surface area contributed by atoms with Gasteiger partial charge in [-0.05, 0) is 145 Å². The summed E-state index contributed by atoms with van der Waals surface area (Å²) in [5.74, 6) is 1.35. The van der Waals surface area contributed by atoms with Crippen molar-refractivity contribution in [2.75, 3.05) is 27.4 Å². The van der Waals surface area contributed by atoms with E-state index >= 15 is 0 Å². The van der Waals surface area contributed by atoms with Crippen LogP contribution in [0.5, 0.6) is 11.5 Å². The summed E-state index contributed by atoms with van der Waals surface area (Å²) in [5.41, 5.74) is 0.895. The second-order valence-electron chi connectivity index (χ2n) is 20.6. The molecule has 1 aliphatic heterocycles. The number of ether oxygens (including phenoxy) is 5. The summed E-state index contributed by atoms with van der Waals surface area (Å²) in [6, 6.07) is 53.3. The van der Waals surface area contributed by atoms with Crippen molar-refractivity contribution in [2.24, 2.45) is 0 Å². The molecule has 0 aliphatic carbocycles. The number of H-pyrrole nitrogens is 1. The third-order valence-corrected chi connectivity index (χ3v) is 17.6. The zero-order valence-corrected chi connectivity index (χ0v) is 45.2. The lowest BCUT2D eigenvalue weighted by Gasteiger charge is -2.39. The number of hydrogen-bond donors (Lipinski definition) is 1. The molecule has 0 spiro atoms. The summed E-state index contributed by atoms with van der Waals surface area (Å²) >= 11 is 0. The van der Waals surface area contributed by atoms with Crippen LogP contribution in [0.3, 0.4) is 0 Å². The van der Waals surface area contributed by atoms with Crippen LogP contribution >= 0.6 is 8.53 Å². The molecule has 1 unspecified atom stereocenters. The van der Waals surface area contributed by atoms with Crippen LogP contribution in [0.1, 0.15) is 62.6 Å². The Kier molecular flexibility index (Phi) is 13.8. The minimum Gasteiger partial charge on any atom is -0.497 e. The van der Waals surface area contributed by atoms with Crippen molar-refractivity contribution in [1.82, 2.24) is 14.2 Å². The third-order valence-electron chi connectivity index (χ3n) is 15.4. The Hall–Kier alpha value is -7.50. The number of methoxy groups -OCH3 is 2. The third kappa shape index (κ3) is 8.78. The maximum absolute atomic E-state index is 14.1. The molecule has 0 amide bonds. The molecular weight excluding hydrogens is 1000 g/mol. The molecule has 14 heteroatoms. The second kappa shape index (κ2) is 21.0. The van der Waals surface area contributed by atoms with Gasteiger partial charge in [0.25, 0.3) is 14.1 Å². The molecule has 0 bridgehead atoms. The fourth-order valence-electron chi connectivity index (χ4n) is 12.0. The van der Waals surface area contributed by atoms with E-state index < -0.39 is 49.9 Å². The van der Waals surface area contributed by atoms with Gasteiger partial charge in [0.15, 0.2) is 6.23 Å². The second-order valence-corrected chi connectivity index (χ2v) is 22.0. The minimum absolute atomic E-state index is 0.0469. The number of nitrogens with one attached hydrogen (secondary N) is 1. The number of aromatic nitrogens is 2. The maximum atomic E-state index is 14.1. The Labute approximate surface area is 452 Å². The molecule has 1 saturated heterocycles. The van der Waals surface area contributed by atoms with Crippen LogP contribution in [0.25, 0.3) is 64.6 Å². The van der Waals surface area contributed by atoms with Crippen molar-refractivity contribution in [2.45, 2.75) is 82.9 Å². The SMILES string of the molecule is COc1ccc(C(OC[C@H]2O[C@@H](n3ccc(=O)[nH]c3=O)[C@H](OCc3cc4ccc5ccc6ccc7ccc8ccc3c3c8c7c6c5c43)[C@@H]2OP(OCCC#N)N(C(C)C)C(C)C)(c2ccccc2)c2ccc(OC)cc2)cc1. The molecule has 11 aromatic rings. The van der Waals surface area contributed by atoms with Gasteiger partial charge in [0.2, 0.25) is 0 Å². The quantitative estimate of drug-likeness (QED) is 0.0256. The largest absolute Gasteiger partial charge is 0.497 e. The molecule has 394 valence electrons. The van der Waals surface area contributed by atoms with Crippen LogP contribution in [-0.4, -0.2) is 72.1 Å². The molecule has 2 heterocycles. The van der Waals surface area contributed by atoms with E-state index in [0.29, 0.717) is 11.5 Å². The van der Waals surface area contributed by atoms with Crippen LogP contribution in [0.2, 0.25) is 0 Å². The lowest BCUT2D eigenvalue weighted by Crippen LogP contribution is -2.43. The van der Waals surface area contributed by atoms with Gasteiger partial charge in [0, 0.05) is 24.3 Å². The monoisotopic (exact) mass is 1060 g/mol. The van der Waals surface area contributed by atoms with Crippen molar-refractivity contribution in [3.05, 3.63) is 201 Å². The van der Waals surface area contributed by atoms with Gasteiger partial charge >= 0.3 is 5.69 Å². The Morgan fingerprint density at radius 1 is 0.667 bits per heavy atom. The fourth-order valence-corrected chi connectivity index (χ4v) is 13.8. The first-order valence-corrected chi connectivity index (χ1v) is 27.6. The van der Waals surface area contributed by atoms with Gasteiger partial charge in [-0.3, -0.25) is 14.3 Å². The number of hydrogen-bond acceptors (Lipinski definition) is 11. The van der Waals surface area contributed by atoms with Gasteiger partial charge in [-0.15, -0.1) is 0 Å². The number of nitrogens with zero attached hydrogens (tertiary/aromatic N) is 3. The normalized spacial score (nSPS) is 17.6. The number of aromatic amines is 1. The van der Waals surface area contributed by atoms with Crippen LogP contribution in [0.4, 0.5) is 0 Å². The molecule has 1 aliphatic rings. The smallest absolute Gasteiger partial charge is 0.330 e. The average molecular weight is 1060 g/mol. The predicted octanol–water partition coefficient (Wildman–Crippen LogP) is 12.9. The standard InChI is InChI=1S/C64H59N4O9P/c1-38(2)68(39(3)4)78(75-34-10-32-65)77-60-52(37-74-64(46-11-8-7-9-12-46,47-22-26-49(71-5)27-23-47)48-24-28-50(72-6)29-25-48)76-62(67-33-31-53(69)66-63(67)70)61(60)73-36-45-35-44-20-19-42-16-14-40-13-15-41-17-18-43-21-30-51(45)59-57(43)55(41)54(40)56(42)58(44)59/h7-9,11-31,33,35,38-39,52,60-62H,10,34,36-37H2,1-6H3,(H,66,69,70)/t52-,60-,61-,62-,78?/m1/s1. The van der Waals surface area contributed by atoms with Gasteiger partial charge in [-0.25, -0.2) is 9.46 Å². The molecule has 78 heavy (non-hydrogen) atoms. The average Bonchev–Trinajstić information content (AvgIpc) is 3.95. The molecule has 1 aromatic heterocycles. The summed E-state index contributed by atoms with van der Waals surface area (Å²) < 4.78 is 50.9. The topological polar surface area (TPSA) is 147 Å². The van der Waals surface area contributed by atoms with Gasteiger partial charge < -0.3 is 32.7 Å². The van der Waals surface area contributed by atoms with Gasteiger partial charge in [0.1, 0.15) is 35.4 Å². The maximum Gasteiger partial charge on any atom is 0.330 e. The first kappa shape index (κ1) is 51.3. The summed E-state index contributed by atoms with van der Waals surface area (Å²) in [7, 11) is 1.34. The minimum atomic E-state index is -1.92. The van der Waals surface area contributed by atoms with E-state index in [1.165, 1.54) is 65.3 Å². The molecule has 5 atom stereocenters. The van der Waals surface area contributed by atoms with Crippen LogP contribution in [0, 0.1) is 11.3 Å². The molecule has 13 nitrogen and oxygen atoms in total. The van der Waals surface area contributed by atoms with E-state index in [-0.39, 0.29) is 38.3 Å². The first-order valence-electron chi connectivity index (χ1n) is 26.4. The Balaban J connectivity index is 1.02. The summed E-state index contributed by atoms with van der Waals surface area (Å²) in [5, 5.41) is 24.0. The van der Waals surface area contributed by atoms with E-state index in [0.717, 1.165) is 38.4 Å². The summed E-state index contributed by atoms with van der Waals surface area (Å²) in [4.78, 5) is 29.4. The number of benzene rings is 10. The highest BCUT2D eigenvalue weighted by Gasteiger charge is 2.52. The molecule has 1 fully saturated rings. The molecular formula is C64H59N4O9P. The molecule has 1 N–H and O–H groups in total. The zero-order valence-electron chi connectivity index (χ0n) is 44.3. The summed E-state index contributed by atoms with van der Waals surface area (Å²) in [6.45, 7) is 8.42. The van der Waals surface area contributed by atoms with E-state index in [4.69, 9.17) is 32.7 Å². The van der Waals surface area contributed by atoms with Crippen LogP contribution in [-0.2, 0) is 35.5 Å². The molecule has 0 saturated carbocycles. The van der Waals surface area contributed by atoms with E-state index in [2.05, 4.69) is 110 Å². The van der Waals surface area contributed by atoms with Crippen molar-refractivity contribution in [1.29, 1.82) is 5.26 Å². The predicted molar refractivity (Wildman–Crippen MR) is 307 cm³/mol. The summed E-state index contributed by atoms with van der Waals surface area (Å²) in [6.07, 6.45) is -2.49. The fraction of sp³-hybridized carbons (Fsp3) is 0.266. The van der Waals surface area contributed by atoms with E-state index in [1.807, 2.05) is 78.9 Å². The zero-order chi connectivity index (χ0) is 53.8. The first-order chi connectivity index (χ1) is 38.0. The van der Waals surface area contributed by atoms with Crippen molar-refractivity contribution >= 4 is 73.2 Å². The van der Waals surface area contributed by atoms with Crippen molar-refractivity contribution in [3.8, 4) is 17.6 Å².